The molecule has 2 aliphatic rings. The lowest BCUT2D eigenvalue weighted by Gasteiger charge is -2.35. The molecule has 0 bridgehead atoms. The van der Waals surface area contributed by atoms with Gasteiger partial charge in [-0.05, 0) is 38.5 Å². The minimum atomic E-state index is 0.308. The van der Waals surface area contributed by atoms with E-state index in [1.165, 1.54) is 17.8 Å². The Morgan fingerprint density at radius 3 is 2.88 bits per heavy atom. The van der Waals surface area contributed by atoms with E-state index in [9.17, 15) is 0 Å². The van der Waals surface area contributed by atoms with Gasteiger partial charge in [0.05, 0.1) is 36.1 Å². The molecule has 146 valence electrons. The molecule has 0 radical (unpaired) electrons. The molecule has 0 aromatic carbocycles. The Balaban J connectivity index is 1.38. The van der Waals surface area contributed by atoms with Crippen molar-refractivity contribution in [3.63, 3.8) is 0 Å². The highest BCUT2D eigenvalue weighted by molar-refractivity contribution is 7.09. The van der Waals surface area contributed by atoms with Gasteiger partial charge < -0.3 is 19.7 Å². The molecule has 1 unspecified atom stereocenters. The quantitative estimate of drug-likeness (QED) is 0.607. The van der Waals surface area contributed by atoms with Gasteiger partial charge in [0, 0.05) is 32.1 Å². The highest BCUT2D eigenvalue weighted by atomic mass is 32.1. The van der Waals surface area contributed by atoms with Crippen LogP contribution in [0, 0.1) is 0 Å². The maximum atomic E-state index is 6.11. The third-order valence-corrected chi connectivity index (χ3v) is 6.12. The number of likely N-dealkylation sites (tertiary alicyclic amines) is 1. The molecule has 2 fully saturated rings. The fourth-order valence-electron chi connectivity index (χ4n) is 3.51. The van der Waals surface area contributed by atoms with E-state index in [0.717, 1.165) is 70.2 Å². The van der Waals surface area contributed by atoms with Crippen LogP contribution in [0.4, 0.5) is 0 Å². The highest BCUT2D eigenvalue weighted by Gasteiger charge is 2.23. The normalized spacial score (nSPS) is 22.6. The van der Waals surface area contributed by atoms with E-state index in [0.29, 0.717) is 12.2 Å². The van der Waals surface area contributed by atoms with Gasteiger partial charge in [0.15, 0.2) is 5.96 Å². The van der Waals surface area contributed by atoms with Crippen molar-refractivity contribution in [2.45, 2.75) is 64.2 Å². The molecule has 0 amide bonds. The topological polar surface area (TPSA) is 59.0 Å². The number of guanidine groups is 1. The Morgan fingerprint density at radius 1 is 1.38 bits per heavy atom. The van der Waals surface area contributed by atoms with Crippen LogP contribution in [-0.4, -0.2) is 61.4 Å². The second kappa shape index (κ2) is 10.2. The van der Waals surface area contributed by atoms with Crippen LogP contribution in [0.15, 0.2) is 10.4 Å². The molecular formula is C19H32N4O2S. The maximum absolute atomic E-state index is 6.11. The fourth-order valence-corrected chi connectivity index (χ4v) is 4.26. The van der Waals surface area contributed by atoms with Crippen molar-refractivity contribution in [2.24, 2.45) is 4.99 Å². The molecule has 3 rings (SSSR count). The van der Waals surface area contributed by atoms with Gasteiger partial charge in [-0.1, -0.05) is 6.92 Å². The molecule has 2 saturated heterocycles. The second-order valence-electron chi connectivity index (χ2n) is 7.00. The van der Waals surface area contributed by atoms with Crippen molar-refractivity contribution in [3.8, 4) is 0 Å². The largest absolute Gasteiger partial charge is 0.376 e. The number of nitrogens with zero attached hydrogens (tertiary/aromatic N) is 3. The molecule has 0 saturated carbocycles. The SMILES string of the molecule is CCc1nc(CNC(=NC)N2CCC(OCC3CCCCO3)CC2)cs1. The summed E-state index contributed by atoms with van der Waals surface area (Å²) in [5, 5.41) is 6.77. The van der Waals surface area contributed by atoms with Gasteiger partial charge in [0.2, 0.25) is 0 Å². The summed E-state index contributed by atoms with van der Waals surface area (Å²) in [6.07, 6.45) is 7.36. The summed E-state index contributed by atoms with van der Waals surface area (Å²) in [6.45, 7) is 6.48. The van der Waals surface area contributed by atoms with Crippen LogP contribution in [0.5, 0.6) is 0 Å². The van der Waals surface area contributed by atoms with Gasteiger partial charge in [-0.2, -0.15) is 0 Å². The monoisotopic (exact) mass is 380 g/mol. The van der Waals surface area contributed by atoms with Crippen molar-refractivity contribution < 1.29 is 9.47 Å². The Hall–Kier alpha value is -1.18. The predicted molar refractivity (Wildman–Crippen MR) is 106 cm³/mol. The highest BCUT2D eigenvalue weighted by Crippen LogP contribution is 2.18. The average Bonchev–Trinajstić information content (AvgIpc) is 3.17. The molecule has 1 N–H and O–H groups in total. The summed E-state index contributed by atoms with van der Waals surface area (Å²) >= 11 is 1.73. The molecule has 3 heterocycles. The van der Waals surface area contributed by atoms with Gasteiger partial charge in [-0.25, -0.2) is 4.98 Å². The molecule has 6 nitrogen and oxygen atoms in total. The van der Waals surface area contributed by atoms with Crippen molar-refractivity contribution in [2.75, 3.05) is 33.4 Å². The van der Waals surface area contributed by atoms with Crippen LogP contribution in [-0.2, 0) is 22.4 Å². The van der Waals surface area contributed by atoms with Crippen molar-refractivity contribution >= 4 is 17.3 Å². The van der Waals surface area contributed by atoms with Crippen LogP contribution in [0.2, 0.25) is 0 Å². The molecule has 2 aliphatic heterocycles. The summed E-state index contributed by atoms with van der Waals surface area (Å²) in [7, 11) is 1.85. The predicted octanol–water partition coefficient (Wildman–Crippen LogP) is 2.83. The molecule has 1 aromatic heterocycles. The number of ether oxygens (including phenoxy) is 2. The summed E-state index contributed by atoms with van der Waals surface area (Å²) in [6, 6.07) is 0. The van der Waals surface area contributed by atoms with Crippen LogP contribution in [0.1, 0.15) is 49.7 Å². The standard InChI is InChI=1S/C19H32N4O2S/c1-3-18-22-15(14-26-18)12-21-19(20-2)23-9-7-16(8-10-23)25-13-17-6-4-5-11-24-17/h14,16-17H,3-13H2,1-2H3,(H,20,21). The van der Waals surface area contributed by atoms with Crippen molar-refractivity contribution in [1.29, 1.82) is 0 Å². The molecule has 1 aromatic rings. The number of hydrogen-bond donors (Lipinski definition) is 1. The summed E-state index contributed by atoms with van der Waals surface area (Å²) < 4.78 is 11.9. The zero-order valence-electron chi connectivity index (χ0n) is 16.1. The van der Waals surface area contributed by atoms with Crippen LogP contribution in [0.3, 0.4) is 0 Å². The second-order valence-corrected chi connectivity index (χ2v) is 7.94. The van der Waals surface area contributed by atoms with Gasteiger partial charge >= 0.3 is 0 Å². The van der Waals surface area contributed by atoms with Gasteiger partial charge in [0.1, 0.15) is 0 Å². The Labute approximate surface area is 161 Å². The van der Waals surface area contributed by atoms with E-state index in [1.807, 2.05) is 7.05 Å². The summed E-state index contributed by atoms with van der Waals surface area (Å²) in [5.41, 5.74) is 1.10. The molecule has 26 heavy (non-hydrogen) atoms. The molecule has 0 aliphatic carbocycles. The number of rotatable bonds is 6. The van der Waals surface area contributed by atoms with Crippen LogP contribution >= 0.6 is 11.3 Å². The van der Waals surface area contributed by atoms with E-state index in [1.54, 1.807) is 11.3 Å². The molecule has 0 spiro atoms. The first-order valence-corrected chi connectivity index (χ1v) is 10.8. The number of aryl methyl sites for hydroxylation is 1. The number of thiazole rings is 1. The van der Waals surface area contributed by atoms with E-state index in [-0.39, 0.29) is 0 Å². The van der Waals surface area contributed by atoms with Crippen LogP contribution in [0.25, 0.3) is 0 Å². The zero-order chi connectivity index (χ0) is 18.2. The molecule has 1 atom stereocenters. The zero-order valence-corrected chi connectivity index (χ0v) is 16.9. The first-order valence-electron chi connectivity index (χ1n) is 9.90. The number of piperidine rings is 1. The number of aliphatic imine (C=N–C) groups is 1. The Morgan fingerprint density at radius 2 is 2.23 bits per heavy atom. The van der Waals surface area contributed by atoms with E-state index in [4.69, 9.17) is 9.47 Å². The van der Waals surface area contributed by atoms with E-state index < -0.39 is 0 Å². The lowest BCUT2D eigenvalue weighted by molar-refractivity contribution is -0.0721. The lowest BCUT2D eigenvalue weighted by Crippen LogP contribution is -2.47. The Bertz CT molecular complexity index is 564. The minimum absolute atomic E-state index is 0.308. The average molecular weight is 381 g/mol. The number of aromatic nitrogens is 1. The van der Waals surface area contributed by atoms with Gasteiger partial charge in [-0.3, -0.25) is 4.99 Å². The van der Waals surface area contributed by atoms with Crippen LogP contribution < -0.4 is 5.32 Å². The van der Waals surface area contributed by atoms with Gasteiger partial charge in [0.25, 0.3) is 0 Å². The third-order valence-electron chi connectivity index (χ3n) is 5.07. The minimum Gasteiger partial charge on any atom is -0.376 e. The maximum Gasteiger partial charge on any atom is 0.193 e. The molecular weight excluding hydrogens is 348 g/mol. The van der Waals surface area contributed by atoms with E-state index >= 15 is 0 Å². The number of hydrogen-bond acceptors (Lipinski definition) is 5. The van der Waals surface area contributed by atoms with Gasteiger partial charge in [-0.15, -0.1) is 11.3 Å². The summed E-state index contributed by atoms with van der Waals surface area (Å²) in [5.74, 6) is 0.963. The van der Waals surface area contributed by atoms with E-state index in [2.05, 4.69) is 32.5 Å². The Kier molecular flexibility index (Phi) is 7.70. The van der Waals surface area contributed by atoms with Crippen molar-refractivity contribution in [1.82, 2.24) is 15.2 Å². The number of nitrogens with one attached hydrogen (secondary N) is 1. The lowest BCUT2D eigenvalue weighted by atomic mass is 10.1. The van der Waals surface area contributed by atoms with Crippen molar-refractivity contribution in [3.05, 3.63) is 16.1 Å². The smallest absolute Gasteiger partial charge is 0.193 e. The fraction of sp³-hybridized carbons (Fsp3) is 0.789. The first kappa shape index (κ1) is 19.6. The molecule has 7 heteroatoms. The third kappa shape index (κ3) is 5.66. The first-order chi connectivity index (χ1) is 12.8. The summed E-state index contributed by atoms with van der Waals surface area (Å²) in [4.78, 5) is 11.4.